The van der Waals surface area contributed by atoms with Crippen molar-refractivity contribution in [3.63, 3.8) is 0 Å². The Bertz CT molecular complexity index is 2530. The molecule has 1 aromatic heterocycles. The number of rotatable bonds is 6. The van der Waals surface area contributed by atoms with E-state index in [4.69, 9.17) is 4.42 Å². The molecule has 48 heavy (non-hydrogen) atoms. The van der Waals surface area contributed by atoms with Crippen LogP contribution < -0.4 is 4.90 Å². The van der Waals surface area contributed by atoms with Crippen LogP contribution in [0, 0.1) is 0 Å². The van der Waals surface area contributed by atoms with Crippen molar-refractivity contribution < 1.29 is 4.42 Å². The Morgan fingerprint density at radius 1 is 0.333 bits per heavy atom. The van der Waals surface area contributed by atoms with Crippen LogP contribution >= 0.6 is 0 Å². The summed E-state index contributed by atoms with van der Waals surface area (Å²) in [5.74, 6) is 0. The fraction of sp³-hybridized carbons (Fsp3) is 0. The zero-order valence-corrected chi connectivity index (χ0v) is 26.3. The van der Waals surface area contributed by atoms with Gasteiger partial charge < -0.3 is 9.32 Å². The van der Waals surface area contributed by atoms with E-state index in [-0.39, 0.29) is 0 Å². The van der Waals surface area contributed by atoms with Crippen molar-refractivity contribution in [2.75, 3.05) is 4.90 Å². The van der Waals surface area contributed by atoms with Crippen molar-refractivity contribution in [2.45, 2.75) is 0 Å². The fourth-order valence-electron chi connectivity index (χ4n) is 6.98. The smallest absolute Gasteiger partial charge is 0.138 e. The van der Waals surface area contributed by atoms with Gasteiger partial charge in [-0.05, 0) is 57.5 Å². The van der Waals surface area contributed by atoms with Gasteiger partial charge in [-0.25, -0.2) is 0 Å². The van der Waals surface area contributed by atoms with Crippen molar-refractivity contribution in [1.29, 1.82) is 0 Å². The Morgan fingerprint density at radius 3 is 1.52 bits per heavy atom. The molecule has 0 aliphatic carbocycles. The average Bonchev–Trinajstić information content (AvgIpc) is 3.55. The molecule has 226 valence electrons. The summed E-state index contributed by atoms with van der Waals surface area (Å²) in [6.45, 7) is 0. The first kappa shape index (κ1) is 27.9. The van der Waals surface area contributed by atoms with Crippen LogP contribution in [0.2, 0.25) is 0 Å². The van der Waals surface area contributed by atoms with E-state index >= 15 is 0 Å². The van der Waals surface area contributed by atoms with Gasteiger partial charge in [-0.15, -0.1) is 0 Å². The summed E-state index contributed by atoms with van der Waals surface area (Å²) >= 11 is 0. The number of hydrogen-bond acceptors (Lipinski definition) is 2. The first-order valence-corrected chi connectivity index (χ1v) is 16.4. The van der Waals surface area contributed by atoms with Crippen LogP contribution in [-0.4, -0.2) is 0 Å². The Labute approximate surface area is 279 Å². The van der Waals surface area contributed by atoms with Gasteiger partial charge >= 0.3 is 0 Å². The van der Waals surface area contributed by atoms with Crippen LogP contribution in [0.3, 0.4) is 0 Å². The predicted octanol–water partition coefficient (Wildman–Crippen LogP) is 13.2. The molecule has 2 nitrogen and oxygen atoms in total. The molecule has 0 radical (unpaired) electrons. The number of hydrogen-bond donors (Lipinski definition) is 0. The SMILES string of the molecule is c1ccc(-c2ccc(-c3ccc(N(c4ccccc4-c4ccccc4)c4cc5oc6ccccc6c5c5ccccc45)cc3)cc2)cc1. The molecule has 0 N–H and O–H groups in total. The molecule has 9 rings (SSSR count). The molecule has 0 saturated carbocycles. The zero-order chi connectivity index (χ0) is 31.9. The minimum Gasteiger partial charge on any atom is -0.456 e. The van der Waals surface area contributed by atoms with Crippen LogP contribution in [0.15, 0.2) is 192 Å². The standard InChI is InChI=1S/C46H31NO/c1-3-13-32(14-4-1)33-23-25-34(26-24-33)35-27-29-37(30-28-35)47(42-21-11-9-17-38(42)36-15-5-2-6-16-36)43-31-45-46(40-19-8-7-18-39(40)43)41-20-10-12-22-44(41)48-45/h1-31H. The quantitative estimate of drug-likeness (QED) is 0.185. The number of benzene rings is 8. The second kappa shape index (κ2) is 11.8. The lowest BCUT2D eigenvalue weighted by molar-refractivity contribution is 0.669. The van der Waals surface area contributed by atoms with Gasteiger partial charge in [-0.2, -0.15) is 0 Å². The van der Waals surface area contributed by atoms with Gasteiger partial charge in [0.15, 0.2) is 0 Å². The Balaban J connectivity index is 1.23. The Kier molecular flexibility index (Phi) is 6.84. The lowest BCUT2D eigenvalue weighted by atomic mass is 9.98. The average molecular weight is 614 g/mol. The van der Waals surface area contributed by atoms with Crippen LogP contribution in [0.25, 0.3) is 66.1 Å². The highest BCUT2D eigenvalue weighted by Crippen LogP contribution is 2.47. The van der Waals surface area contributed by atoms with E-state index in [1.165, 1.54) is 38.6 Å². The molecule has 1 heterocycles. The van der Waals surface area contributed by atoms with Crippen molar-refractivity contribution in [3.8, 4) is 33.4 Å². The second-order valence-corrected chi connectivity index (χ2v) is 12.1. The normalized spacial score (nSPS) is 11.3. The van der Waals surface area contributed by atoms with Gasteiger partial charge in [-0.3, -0.25) is 0 Å². The van der Waals surface area contributed by atoms with E-state index in [1.54, 1.807) is 0 Å². The minimum atomic E-state index is 0.877. The lowest BCUT2D eigenvalue weighted by Crippen LogP contribution is -2.11. The van der Waals surface area contributed by atoms with Gasteiger partial charge in [0.2, 0.25) is 0 Å². The predicted molar refractivity (Wildman–Crippen MR) is 202 cm³/mol. The summed E-state index contributed by atoms with van der Waals surface area (Å²) in [4.78, 5) is 2.39. The van der Waals surface area contributed by atoms with E-state index in [9.17, 15) is 0 Å². The number of furan rings is 1. The first-order valence-electron chi connectivity index (χ1n) is 16.4. The van der Waals surface area contributed by atoms with E-state index in [1.807, 2.05) is 6.07 Å². The zero-order valence-electron chi connectivity index (χ0n) is 26.3. The van der Waals surface area contributed by atoms with E-state index in [2.05, 4.69) is 187 Å². The molecule has 2 heteroatoms. The highest BCUT2D eigenvalue weighted by molar-refractivity contribution is 6.22. The van der Waals surface area contributed by atoms with Gasteiger partial charge in [0.25, 0.3) is 0 Å². The summed E-state index contributed by atoms with van der Waals surface area (Å²) < 4.78 is 6.53. The number of anilines is 3. The summed E-state index contributed by atoms with van der Waals surface area (Å²) in [6, 6.07) is 66.8. The molecule has 0 amide bonds. The van der Waals surface area contributed by atoms with Crippen molar-refractivity contribution in [2.24, 2.45) is 0 Å². The summed E-state index contributed by atoms with van der Waals surface area (Å²) in [6.07, 6.45) is 0. The summed E-state index contributed by atoms with van der Waals surface area (Å²) in [5, 5.41) is 4.62. The van der Waals surface area contributed by atoms with Crippen LogP contribution in [0.4, 0.5) is 17.1 Å². The molecule has 9 aromatic rings. The summed E-state index contributed by atoms with van der Waals surface area (Å²) in [7, 11) is 0. The maximum absolute atomic E-state index is 6.53. The van der Waals surface area contributed by atoms with E-state index in [0.29, 0.717) is 0 Å². The van der Waals surface area contributed by atoms with Crippen LogP contribution in [0.5, 0.6) is 0 Å². The third-order valence-electron chi connectivity index (χ3n) is 9.28. The fourth-order valence-corrected chi connectivity index (χ4v) is 6.98. The highest BCUT2D eigenvalue weighted by Gasteiger charge is 2.22. The van der Waals surface area contributed by atoms with Crippen LogP contribution in [-0.2, 0) is 0 Å². The topological polar surface area (TPSA) is 16.4 Å². The Morgan fingerprint density at radius 2 is 0.833 bits per heavy atom. The van der Waals surface area contributed by atoms with Crippen LogP contribution in [0.1, 0.15) is 0 Å². The lowest BCUT2D eigenvalue weighted by Gasteiger charge is -2.29. The van der Waals surface area contributed by atoms with Crippen molar-refractivity contribution >= 4 is 49.8 Å². The third-order valence-corrected chi connectivity index (χ3v) is 9.28. The third kappa shape index (κ3) is 4.83. The number of fused-ring (bicyclic) bond motifs is 5. The molecule has 0 saturated heterocycles. The molecule has 0 unspecified atom stereocenters. The second-order valence-electron chi connectivity index (χ2n) is 12.1. The maximum Gasteiger partial charge on any atom is 0.138 e. The van der Waals surface area contributed by atoms with Crippen molar-refractivity contribution in [1.82, 2.24) is 0 Å². The highest BCUT2D eigenvalue weighted by atomic mass is 16.3. The molecule has 0 fully saturated rings. The Hall–Kier alpha value is -6.38. The van der Waals surface area contributed by atoms with E-state index < -0.39 is 0 Å². The van der Waals surface area contributed by atoms with Crippen molar-refractivity contribution in [3.05, 3.63) is 188 Å². The van der Waals surface area contributed by atoms with Gasteiger partial charge in [-0.1, -0.05) is 158 Å². The molecule has 0 aliphatic rings. The van der Waals surface area contributed by atoms with Gasteiger partial charge in [0.1, 0.15) is 11.2 Å². The molecule has 0 atom stereocenters. The number of nitrogens with zero attached hydrogens (tertiary/aromatic N) is 1. The largest absolute Gasteiger partial charge is 0.456 e. The monoisotopic (exact) mass is 613 g/mol. The first-order chi connectivity index (χ1) is 23.8. The molecule has 0 bridgehead atoms. The number of para-hydroxylation sites is 2. The van der Waals surface area contributed by atoms with Gasteiger partial charge in [0, 0.05) is 33.5 Å². The van der Waals surface area contributed by atoms with Gasteiger partial charge in [0.05, 0.1) is 11.4 Å². The molecule has 8 aromatic carbocycles. The molecular formula is C46H31NO. The minimum absolute atomic E-state index is 0.877. The summed E-state index contributed by atoms with van der Waals surface area (Å²) in [5.41, 5.74) is 12.1. The maximum atomic E-state index is 6.53. The van der Waals surface area contributed by atoms with E-state index in [0.717, 1.165) is 44.6 Å². The molecular weight excluding hydrogens is 583 g/mol. The molecule has 0 aliphatic heterocycles. The molecule has 0 spiro atoms.